The van der Waals surface area contributed by atoms with E-state index in [0.717, 1.165) is 5.39 Å². The van der Waals surface area contributed by atoms with E-state index in [1.54, 1.807) is 30.3 Å². The molecule has 0 fully saturated rings. The van der Waals surface area contributed by atoms with Crippen LogP contribution in [0.2, 0.25) is 0 Å². The van der Waals surface area contributed by atoms with Gasteiger partial charge in [0.1, 0.15) is 11.3 Å². The predicted octanol–water partition coefficient (Wildman–Crippen LogP) is 2.98. The molecule has 4 heteroatoms. The summed E-state index contributed by atoms with van der Waals surface area (Å²) < 4.78 is 25.9. The average molecular weight is 237 g/mol. The molecule has 0 aliphatic heterocycles. The molecule has 1 unspecified atom stereocenters. The van der Waals surface area contributed by atoms with Crippen LogP contribution >= 0.6 is 0 Å². The van der Waals surface area contributed by atoms with E-state index in [9.17, 15) is 13.9 Å². The first-order valence-corrected chi connectivity index (χ1v) is 5.23. The number of hydrogen-bond acceptors (Lipinski definition) is 2. The molecule has 0 heterocycles. The molecule has 17 heavy (non-hydrogen) atoms. The highest BCUT2D eigenvalue weighted by Gasteiger charge is 2.36. The van der Waals surface area contributed by atoms with E-state index in [0.29, 0.717) is 5.39 Å². The number of nitrogens with two attached hydrogens (primary N) is 1. The summed E-state index contributed by atoms with van der Waals surface area (Å²) in [6.45, 7) is 1.22. The number of benzene rings is 2. The lowest BCUT2D eigenvalue weighted by Gasteiger charge is -2.26. The summed E-state index contributed by atoms with van der Waals surface area (Å²) in [4.78, 5) is 0. The summed E-state index contributed by atoms with van der Waals surface area (Å²) >= 11 is 0. The van der Waals surface area contributed by atoms with Crippen LogP contribution in [0, 0.1) is 0 Å². The van der Waals surface area contributed by atoms with Crippen molar-refractivity contribution in [1.82, 2.24) is 0 Å². The number of aromatic hydroxyl groups is 1. The Balaban J connectivity index is 2.80. The van der Waals surface area contributed by atoms with Gasteiger partial charge < -0.3 is 10.8 Å². The van der Waals surface area contributed by atoms with Crippen LogP contribution in [0.5, 0.6) is 5.75 Å². The van der Waals surface area contributed by atoms with Gasteiger partial charge in [-0.15, -0.1) is 0 Å². The third-order valence-corrected chi connectivity index (χ3v) is 2.90. The van der Waals surface area contributed by atoms with Gasteiger partial charge in [0, 0.05) is 5.56 Å². The minimum atomic E-state index is -2.75. The molecule has 0 aliphatic rings. The van der Waals surface area contributed by atoms with Crippen molar-refractivity contribution in [3.8, 4) is 5.75 Å². The van der Waals surface area contributed by atoms with Crippen molar-refractivity contribution in [2.75, 3.05) is 0 Å². The second-order valence-electron chi connectivity index (χ2n) is 4.26. The van der Waals surface area contributed by atoms with Gasteiger partial charge in [-0.2, -0.15) is 0 Å². The van der Waals surface area contributed by atoms with Crippen molar-refractivity contribution in [2.45, 2.75) is 18.9 Å². The van der Waals surface area contributed by atoms with Crippen LogP contribution in [0.1, 0.15) is 12.5 Å². The molecule has 0 bridgehead atoms. The van der Waals surface area contributed by atoms with Gasteiger partial charge in [-0.05, 0) is 23.8 Å². The molecule has 2 nitrogen and oxygen atoms in total. The summed E-state index contributed by atoms with van der Waals surface area (Å²) in [6, 6.07) is 10.1. The molecule has 0 aliphatic carbocycles. The minimum absolute atomic E-state index is 0.0885. The van der Waals surface area contributed by atoms with E-state index >= 15 is 0 Å². The standard InChI is InChI=1S/C13H13F2NO/c1-13(16,12(14)15)11-9-5-3-2-4-8(9)6-7-10(11)17/h2-7,12,17H,16H2,1H3. The summed E-state index contributed by atoms with van der Waals surface area (Å²) in [6.07, 6.45) is -2.75. The summed E-state index contributed by atoms with van der Waals surface area (Å²) in [5.41, 5.74) is 3.86. The monoisotopic (exact) mass is 237 g/mol. The Labute approximate surface area is 97.7 Å². The number of rotatable bonds is 2. The third kappa shape index (κ3) is 1.85. The number of hydrogen-bond donors (Lipinski definition) is 2. The summed E-state index contributed by atoms with van der Waals surface area (Å²) in [7, 11) is 0. The van der Waals surface area contributed by atoms with Crippen molar-refractivity contribution >= 4 is 10.8 Å². The molecule has 2 aromatic rings. The van der Waals surface area contributed by atoms with Crippen molar-refractivity contribution in [3.63, 3.8) is 0 Å². The van der Waals surface area contributed by atoms with Crippen LogP contribution < -0.4 is 5.73 Å². The molecule has 0 amide bonds. The Morgan fingerprint density at radius 2 is 1.82 bits per heavy atom. The Bertz CT molecular complexity index is 552. The van der Waals surface area contributed by atoms with Gasteiger partial charge in [0.2, 0.25) is 0 Å². The maximum absolute atomic E-state index is 13.0. The first-order valence-electron chi connectivity index (χ1n) is 5.23. The molecule has 2 aromatic carbocycles. The van der Waals surface area contributed by atoms with Gasteiger partial charge in [0.15, 0.2) is 0 Å². The molecule has 0 aromatic heterocycles. The van der Waals surface area contributed by atoms with Crippen molar-refractivity contribution in [1.29, 1.82) is 0 Å². The lowest BCUT2D eigenvalue weighted by atomic mass is 9.88. The zero-order valence-corrected chi connectivity index (χ0v) is 9.32. The van der Waals surface area contributed by atoms with Crippen LogP contribution in [0.25, 0.3) is 10.8 Å². The molecule has 0 radical (unpaired) electrons. The molecule has 0 spiro atoms. The maximum Gasteiger partial charge on any atom is 0.260 e. The van der Waals surface area contributed by atoms with Crippen LogP contribution in [-0.4, -0.2) is 11.5 Å². The first kappa shape index (κ1) is 11.8. The first-order chi connectivity index (χ1) is 7.94. The molecule has 2 rings (SSSR count). The van der Waals surface area contributed by atoms with E-state index in [1.165, 1.54) is 13.0 Å². The number of phenolic OH excluding ortho intramolecular Hbond substituents is 1. The smallest absolute Gasteiger partial charge is 0.260 e. The SMILES string of the molecule is CC(N)(c1c(O)ccc2ccccc12)C(F)F. The largest absolute Gasteiger partial charge is 0.508 e. The summed E-state index contributed by atoms with van der Waals surface area (Å²) in [5.74, 6) is -0.200. The van der Waals surface area contributed by atoms with Crippen LogP contribution in [0.4, 0.5) is 8.78 Å². The van der Waals surface area contributed by atoms with Gasteiger partial charge in [0.25, 0.3) is 6.43 Å². The molecule has 0 saturated carbocycles. The van der Waals surface area contributed by atoms with Crippen molar-refractivity contribution < 1.29 is 13.9 Å². The highest BCUT2D eigenvalue weighted by atomic mass is 19.3. The number of halogens is 2. The van der Waals surface area contributed by atoms with E-state index in [2.05, 4.69) is 0 Å². The number of phenols is 1. The normalized spacial score (nSPS) is 15.1. The van der Waals surface area contributed by atoms with Gasteiger partial charge in [0.05, 0.1) is 0 Å². The highest BCUT2D eigenvalue weighted by Crippen LogP contribution is 2.37. The lowest BCUT2D eigenvalue weighted by Crippen LogP contribution is -2.40. The maximum atomic E-state index is 13.0. The second-order valence-corrected chi connectivity index (χ2v) is 4.26. The van der Waals surface area contributed by atoms with E-state index in [1.807, 2.05) is 0 Å². The van der Waals surface area contributed by atoms with Gasteiger partial charge >= 0.3 is 0 Å². The van der Waals surface area contributed by atoms with Gasteiger partial charge in [-0.1, -0.05) is 30.3 Å². The zero-order chi connectivity index (χ0) is 12.6. The fraction of sp³-hybridized carbons (Fsp3) is 0.231. The minimum Gasteiger partial charge on any atom is -0.508 e. The topological polar surface area (TPSA) is 46.2 Å². The van der Waals surface area contributed by atoms with Gasteiger partial charge in [-0.25, -0.2) is 8.78 Å². The van der Waals surface area contributed by atoms with Crippen LogP contribution in [-0.2, 0) is 5.54 Å². The Kier molecular flexibility index (Phi) is 2.75. The van der Waals surface area contributed by atoms with Crippen LogP contribution in [0.3, 0.4) is 0 Å². The fourth-order valence-corrected chi connectivity index (χ4v) is 1.94. The molecular formula is C13H13F2NO. The average Bonchev–Trinajstić information content (AvgIpc) is 2.28. The molecule has 1 atom stereocenters. The summed E-state index contributed by atoms with van der Waals surface area (Å²) in [5, 5.41) is 11.1. The van der Waals surface area contributed by atoms with Crippen molar-refractivity contribution in [3.05, 3.63) is 42.0 Å². The van der Waals surface area contributed by atoms with E-state index in [-0.39, 0.29) is 11.3 Å². The quantitative estimate of drug-likeness (QED) is 0.843. The third-order valence-electron chi connectivity index (χ3n) is 2.90. The Morgan fingerprint density at radius 1 is 1.18 bits per heavy atom. The number of fused-ring (bicyclic) bond motifs is 1. The molecule has 0 saturated heterocycles. The highest BCUT2D eigenvalue weighted by molar-refractivity contribution is 5.88. The Hall–Kier alpha value is -1.68. The van der Waals surface area contributed by atoms with E-state index < -0.39 is 12.0 Å². The van der Waals surface area contributed by atoms with Gasteiger partial charge in [-0.3, -0.25) is 0 Å². The molecule has 3 N–H and O–H groups in total. The zero-order valence-electron chi connectivity index (χ0n) is 9.32. The fourth-order valence-electron chi connectivity index (χ4n) is 1.94. The van der Waals surface area contributed by atoms with Crippen molar-refractivity contribution in [2.24, 2.45) is 5.73 Å². The predicted molar refractivity (Wildman–Crippen MR) is 63.2 cm³/mol. The second kappa shape index (κ2) is 3.96. The molecular weight excluding hydrogens is 224 g/mol. The lowest BCUT2D eigenvalue weighted by molar-refractivity contribution is 0.0619. The number of alkyl halides is 2. The van der Waals surface area contributed by atoms with Crippen LogP contribution in [0.15, 0.2) is 36.4 Å². The van der Waals surface area contributed by atoms with E-state index in [4.69, 9.17) is 5.73 Å². The Morgan fingerprint density at radius 3 is 2.47 bits per heavy atom. The molecule has 90 valence electrons.